The number of rotatable bonds is 7. The highest BCUT2D eigenvalue weighted by molar-refractivity contribution is 6.30. The Labute approximate surface area is 137 Å². The molecule has 1 N–H and O–H groups in total. The molecule has 23 heavy (non-hydrogen) atoms. The van der Waals surface area contributed by atoms with Crippen LogP contribution in [0.25, 0.3) is 0 Å². The summed E-state index contributed by atoms with van der Waals surface area (Å²) in [7, 11) is 0. The molecule has 122 valence electrons. The van der Waals surface area contributed by atoms with Gasteiger partial charge in [0.05, 0.1) is 12.1 Å². The maximum absolute atomic E-state index is 12.3. The van der Waals surface area contributed by atoms with E-state index in [1.165, 1.54) is 18.2 Å². The van der Waals surface area contributed by atoms with Crippen LogP contribution in [0.4, 0.5) is 8.78 Å². The molecule has 0 spiro atoms. The first-order chi connectivity index (χ1) is 11.1. The van der Waals surface area contributed by atoms with Crippen molar-refractivity contribution in [3.05, 3.63) is 59.1 Å². The number of hydrogen-bond acceptors (Lipinski definition) is 3. The molecule has 1 amide bonds. The molecule has 0 aromatic heterocycles. The van der Waals surface area contributed by atoms with Crippen molar-refractivity contribution in [3.63, 3.8) is 0 Å². The topological polar surface area (TPSA) is 47.6 Å². The standard InChI is InChI=1S/C16H14ClF2NO3/c17-11-4-3-5-12(10-11)22-9-8-20-15(21)13-6-1-2-7-14(13)23-16(18)19/h1-7,10,16H,8-9H2,(H,20,21). The number of amides is 1. The molecule has 0 unspecified atom stereocenters. The molecule has 2 aromatic carbocycles. The van der Waals surface area contributed by atoms with Crippen molar-refractivity contribution in [1.82, 2.24) is 5.32 Å². The zero-order valence-corrected chi connectivity index (χ0v) is 12.7. The van der Waals surface area contributed by atoms with E-state index < -0.39 is 12.5 Å². The lowest BCUT2D eigenvalue weighted by molar-refractivity contribution is -0.0501. The highest BCUT2D eigenvalue weighted by Gasteiger charge is 2.14. The maximum Gasteiger partial charge on any atom is 0.387 e. The highest BCUT2D eigenvalue weighted by Crippen LogP contribution is 2.20. The average Bonchev–Trinajstić information content (AvgIpc) is 2.51. The summed E-state index contributed by atoms with van der Waals surface area (Å²) >= 11 is 5.82. The van der Waals surface area contributed by atoms with Crippen LogP contribution in [0.2, 0.25) is 5.02 Å². The van der Waals surface area contributed by atoms with Crippen LogP contribution in [0.15, 0.2) is 48.5 Å². The predicted octanol–water partition coefficient (Wildman–Crippen LogP) is 3.75. The van der Waals surface area contributed by atoms with E-state index in [2.05, 4.69) is 10.1 Å². The van der Waals surface area contributed by atoms with Gasteiger partial charge in [0.15, 0.2) is 0 Å². The third-order valence-electron chi connectivity index (χ3n) is 2.80. The zero-order valence-electron chi connectivity index (χ0n) is 12.0. The molecule has 0 aliphatic heterocycles. The van der Waals surface area contributed by atoms with Crippen LogP contribution >= 0.6 is 11.6 Å². The minimum atomic E-state index is -2.99. The summed E-state index contributed by atoms with van der Waals surface area (Å²) in [6.45, 7) is -2.58. The van der Waals surface area contributed by atoms with Crippen LogP contribution in [-0.4, -0.2) is 25.7 Å². The lowest BCUT2D eigenvalue weighted by Crippen LogP contribution is -2.28. The fourth-order valence-corrected chi connectivity index (χ4v) is 2.02. The van der Waals surface area contributed by atoms with E-state index >= 15 is 0 Å². The Morgan fingerprint density at radius 2 is 1.96 bits per heavy atom. The van der Waals surface area contributed by atoms with E-state index in [0.29, 0.717) is 10.8 Å². The van der Waals surface area contributed by atoms with Crippen LogP contribution in [-0.2, 0) is 0 Å². The van der Waals surface area contributed by atoms with Crippen molar-refractivity contribution in [2.75, 3.05) is 13.2 Å². The molecule has 7 heteroatoms. The smallest absolute Gasteiger partial charge is 0.387 e. The second kappa shape index (κ2) is 8.33. The van der Waals surface area contributed by atoms with Gasteiger partial charge in [-0.2, -0.15) is 8.78 Å². The SMILES string of the molecule is O=C(NCCOc1cccc(Cl)c1)c1ccccc1OC(F)F. The predicted molar refractivity (Wildman–Crippen MR) is 82.4 cm³/mol. The molecule has 0 fully saturated rings. The summed E-state index contributed by atoms with van der Waals surface area (Å²) in [6, 6.07) is 12.6. The molecule has 2 rings (SSSR count). The van der Waals surface area contributed by atoms with Crippen LogP contribution < -0.4 is 14.8 Å². The first-order valence-corrected chi connectivity index (χ1v) is 7.14. The van der Waals surface area contributed by atoms with Crippen molar-refractivity contribution in [2.45, 2.75) is 6.61 Å². The Balaban J connectivity index is 1.85. The molecule has 0 atom stereocenters. The fraction of sp³-hybridized carbons (Fsp3) is 0.188. The van der Waals surface area contributed by atoms with Crippen LogP contribution in [0.3, 0.4) is 0 Å². The van der Waals surface area contributed by atoms with Gasteiger partial charge < -0.3 is 14.8 Å². The van der Waals surface area contributed by atoms with Gasteiger partial charge in [0.1, 0.15) is 18.1 Å². The number of carbonyl (C=O) groups excluding carboxylic acids is 1. The number of halogens is 3. The van der Waals surface area contributed by atoms with Crippen molar-refractivity contribution >= 4 is 17.5 Å². The van der Waals surface area contributed by atoms with E-state index in [4.69, 9.17) is 16.3 Å². The molecular formula is C16H14ClF2NO3. The third kappa shape index (κ3) is 5.41. The number of alkyl halides is 2. The molecule has 0 aliphatic carbocycles. The van der Waals surface area contributed by atoms with E-state index in [1.807, 2.05) is 0 Å². The number of hydrogen-bond donors (Lipinski definition) is 1. The molecule has 4 nitrogen and oxygen atoms in total. The van der Waals surface area contributed by atoms with Gasteiger partial charge in [-0.1, -0.05) is 29.8 Å². The molecule has 0 radical (unpaired) electrons. The van der Waals surface area contributed by atoms with Crippen molar-refractivity contribution in [2.24, 2.45) is 0 Å². The minimum Gasteiger partial charge on any atom is -0.492 e. The van der Waals surface area contributed by atoms with Gasteiger partial charge in [-0.3, -0.25) is 4.79 Å². The summed E-state index contributed by atoms with van der Waals surface area (Å²) in [5, 5.41) is 3.12. The number of benzene rings is 2. The molecule has 0 saturated carbocycles. The molecule has 2 aromatic rings. The van der Waals surface area contributed by atoms with Gasteiger partial charge in [0.2, 0.25) is 0 Å². The van der Waals surface area contributed by atoms with Crippen molar-refractivity contribution in [1.29, 1.82) is 0 Å². The molecule has 0 saturated heterocycles. The van der Waals surface area contributed by atoms with Gasteiger partial charge in [0.25, 0.3) is 5.91 Å². The lowest BCUT2D eigenvalue weighted by atomic mass is 10.2. The molecule has 0 heterocycles. The highest BCUT2D eigenvalue weighted by atomic mass is 35.5. The Bertz CT molecular complexity index is 667. The maximum atomic E-state index is 12.3. The van der Waals surface area contributed by atoms with E-state index in [9.17, 15) is 13.6 Å². The van der Waals surface area contributed by atoms with E-state index in [0.717, 1.165) is 0 Å². The van der Waals surface area contributed by atoms with Crippen LogP contribution in [0.5, 0.6) is 11.5 Å². The number of ether oxygens (including phenoxy) is 2. The third-order valence-corrected chi connectivity index (χ3v) is 3.04. The molecular weight excluding hydrogens is 328 g/mol. The second-order valence-electron chi connectivity index (χ2n) is 4.44. The van der Waals surface area contributed by atoms with Crippen LogP contribution in [0, 0.1) is 0 Å². The molecule has 0 aliphatic rings. The van der Waals surface area contributed by atoms with E-state index in [1.54, 1.807) is 30.3 Å². The number of carbonyl (C=O) groups is 1. The number of para-hydroxylation sites is 1. The monoisotopic (exact) mass is 341 g/mol. The fourth-order valence-electron chi connectivity index (χ4n) is 1.84. The summed E-state index contributed by atoms with van der Waals surface area (Å²) in [4.78, 5) is 12.0. The zero-order chi connectivity index (χ0) is 16.7. The van der Waals surface area contributed by atoms with Crippen LogP contribution in [0.1, 0.15) is 10.4 Å². The largest absolute Gasteiger partial charge is 0.492 e. The van der Waals surface area contributed by atoms with Gasteiger partial charge in [-0.05, 0) is 30.3 Å². The summed E-state index contributed by atoms with van der Waals surface area (Å²) < 4.78 is 34.3. The van der Waals surface area contributed by atoms with Gasteiger partial charge >= 0.3 is 6.61 Å². The molecule has 0 bridgehead atoms. The van der Waals surface area contributed by atoms with Crippen molar-refractivity contribution < 1.29 is 23.0 Å². The summed E-state index contributed by atoms with van der Waals surface area (Å²) in [5.41, 5.74) is 0.0376. The summed E-state index contributed by atoms with van der Waals surface area (Å²) in [6.07, 6.45) is 0. The van der Waals surface area contributed by atoms with Gasteiger partial charge in [0, 0.05) is 5.02 Å². The Morgan fingerprint density at radius 3 is 2.70 bits per heavy atom. The Morgan fingerprint density at radius 1 is 1.17 bits per heavy atom. The average molecular weight is 342 g/mol. The number of nitrogens with one attached hydrogen (secondary N) is 1. The van der Waals surface area contributed by atoms with Crippen molar-refractivity contribution in [3.8, 4) is 11.5 Å². The van der Waals surface area contributed by atoms with E-state index in [-0.39, 0.29) is 24.5 Å². The lowest BCUT2D eigenvalue weighted by Gasteiger charge is -2.11. The minimum absolute atomic E-state index is 0.0376. The quantitative estimate of drug-likeness (QED) is 0.780. The summed E-state index contributed by atoms with van der Waals surface area (Å²) in [5.74, 6) is -0.111. The van der Waals surface area contributed by atoms with Gasteiger partial charge in [-0.15, -0.1) is 0 Å². The first-order valence-electron chi connectivity index (χ1n) is 6.76. The van der Waals surface area contributed by atoms with Gasteiger partial charge in [-0.25, -0.2) is 0 Å². The second-order valence-corrected chi connectivity index (χ2v) is 4.87. The Hall–Kier alpha value is -2.34. The Kier molecular flexibility index (Phi) is 6.17. The normalized spacial score (nSPS) is 10.4. The first kappa shape index (κ1) is 17.0.